The van der Waals surface area contributed by atoms with Gasteiger partial charge in [-0.3, -0.25) is 0 Å². The Bertz CT molecular complexity index is 504. The molecule has 0 aliphatic heterocycles. The zero-order valence-electron chi connectivity index (χ0n) is 11.5. The van der Waals surface area contributed by atoms with Crippen molar-refractivity contribution in [1.82, 2.24) is 4.31 Å². The Balaban J connectivity index is 2.83. The van der Waals surface area contributed by atoms with Gasteiger partial charge in [-0.05, 0) is 18.1 Å². The maximum absolute atomic E-state index is 12.3. The molecule has 1 aromatic rings. The summed E-state index contributed by atoms with van der Waals surface area (Å²) in [4.78, 5) is 0. The number of ether oxygens (including phenoxy) is 1. The van der Waals surface area contributed by atoms with E-state index in [-0.39, 0.29) is 11.8 Å². The van der Waals surface area contributed by atoms with Crippen molar-refractivity contribution in [2.24, 2.45) is 0 Å². The molecule has 108 valence electrons. The van der Waals surface area contributed by atoms with Crippen LogP contribution >= 0.6 is 11.6 Å². The second-order valence-corrected chi connectivity index (χ2v) is 6.83. The van der Waals surface area contributed by atoms with Gasteiger partial charge in [0.25, 0.3) is 0 Å². The highest BCUT2D eigenvalue weighted by Crippen LogP contribution is 2.14. The second-order valence-electron chi connectivity index (χ2n) is 4.53. The van der Waals surface area contributed by atoms with E-state index in [0.29, 0.717) is 12.5 Å². The lowest BCUT2D eigenvalue weighted by atomic mass is 10.2. The Labute approximate surface area is 120 Å². The zero-order valence-corrected chi connectivity index (χ0v) is 13.0. The van der Waals surface area contributed by atoms with Crippen LogP contribution in [0.3, 0.4) is 0 Å². The molecule has 0 saturated carbocycles. The summed E-state index contributed by atoms with van der Waals surface area (Å²) in [6.07, 6.45) is 0. The Kier molecular flexibility index (Phi) is 6.26. The van der Waals surface area contributed by atoms with Gasteiger partial charge in [0, 0.05) is 26.1 Å². The maximum atomic E-state index is 12.3. The molecule has 0 saturated heterocycles. The number of sulfonamides is 1. The average molecular weight is 306 g/mol. The lowest BCUT2D eigenvalue weighted by Gasteiger charge is -2.23. The molecule has 4 nitrogen and oxygen atoms in total. The maximum Gasteiger partial charge on any atom is 0.218 e. The first-order valence-electron chi connectivity index (χ1n) is 5.99. The van der Waals surface area contributed by atoms with E-state index in [1.54, 1.807) is 20.2 Å². The molecule has 0 aliphatic rings. The monoisotopic (exact) mass is 305 g/mol. The van der Waals surface area contributed by atoms with Crippen LogP contribution in [-0.4, -0.2) is 39.5 Å². The van der Waals surface area contributed by atoms with Crippen LogP contribution in [0.5, 0.6) is 0 Å². The lowest BCUT2D eigenvalue weighted by Crippen LogP contribution is -2.38. The van der Waals surface area contributed by atoms with Crippen molar-refractivity contribution in [2.45, 2.75) is 24.6 Å². The molecule has 1 atom stereocenters. The highest BCUT2D eigenvalue weighted by Gasteiger charge is 2.23. The molecule has 0 bridgehead atoms. The quantitative estimate of drug-likeness (QED) is 0.726. The predicted molar refractivity (Wildman–Crippen MR) is 77.7 cm³/mol. The minimum atomic E-state index is -3.35. The molecule has 6 heteroatoms. The Morgan fingerprint density at radius 2 is 2.00 bits per heavy atom. The number of benzene rings is 1. The van der Waals surface area contributed by atoms with Gasteiger partial charge in [-0.15, -0.1) is 11.6 Å². The van der Waals surface area contributed by atoms with E-state index in [1.807, 2.05) is 25.1 Å². The first-order valence-corrected chi connectivity index (χ1v) is 8.13. The Morgan fingerprint density at radius 3 is 2.58 bits per heavy atom. The molecule has 0 radical (unpaired) electrons. The predicted octanol–water partition coefficient (Wildman–Crippen LogP) is 2.22. The van der Waals surface area contributed by atoms with Crippen molar-refractivity contribution >= 4 is 21.6 Å². The van der Waals surface area contributed by atoms with E-state index in [4.69, 9.17) is 16.3 Å². The SMILES string of the molecule is COCC(C)N(C)S(=O)(=O)Cc1cccc(CCl)c1. The minimum absolute atomic E-state index is 0.0255. The smallest absolute Gasteiger partial charge is 0.218 e. The number of hydrogen-bond donors (Lipinski definition) is 0. The van der Waals surface area contributed by atoms with Crippen molar-refractivity contribution in [3.8, 4) is 0 Å². The van der Waals surface area contributed by atoms with Crippen LogP contribution in [0.25, 0.3) is 0 Å². The second kappa shape index (κ2) is 7.24. The molecule has 19 heavy (non-hydrogen) atoms. The van der Waals surface area contributed by atoms with E-state index in [9.17, 15) is 8.42 Å². The summed E-state index contributed by atoms with van der Waals surface area (Å²) in [7, 11) is -0.219. The van der Waals surface area contributed by atoms with Crippen LogP contribution in [-0.2, 0) is 26.4 Å². The molecule has 0 aliphatic carbocycles. The number of alkyl halides is 1. The molecule has 1 rings (SSSR count). The van der Waals surface area contributed by atoms with Crippen molar-refractivity contribution in [2.75, 3.05) is 20.8 Å². The topological polar surface area (TPSA) is 46.6 Å². The van der Waals surface area contributed by atoms with Crippen LogP contribution in [0, 0.1) is 0 Å². The minimum Gasteiger partial charge on any atom is -0.383 e. The van der Waals surface area contributed by atoms with E-state index >= 15 is 0 Å². The molecular weight excluding hydrogens is 286 g/mol. The molecule has 0 spiro atoms. The van der Waals surface area contributed by atoms with Crippen LogP contribution in [0.15, 0.2) is 24.3 Å². The molecule has 1 unspecified atom stereocenters. The van der Waals surface area contributed by atoms with E-state index in [0.717, 1.165) is 11.1 Å². The van der Waals surface area contributed by atoms with Gasteiger partial charge in [0.1, 0.15) is 0 Å². The van der Waals surface area contributed by atoms with Crippen LogP contribution < -0.4 is 0 Å². The fourth-order valence-electron chi connectivity index (χ4n) is 1.74. The van der Waals surface area contributed by atoms with E-state index < -0.39 is 10.0 Å². The van der Waals surface area contributed by atoms with Crippen molar-refractivity contribution < 1.29 is 13.2 Å². The summed E-state index contributed by atoms with van der Waals surface area (Å²) in [6.45, 7) is 2.19. The molecule has 0 fully saturated rings. The van der Waals surface area contributed by atoms with Gasteiger partial charge >= 0.3 is 0 Å². The fourth-order valence-corrected chi connectivity index (χ4v) is 3.32. The van der Waals surface area contributed by atoms with Gasteiger partial charge in [-0.25, -0.2) is 8.42 Å². The van der Waals surface area contributed by atoms with Gasteiger partial charge in [-0.2, -0.15) is 4.31 Å². The number of hydrogen-bond acceptors (Lipinski definition) is 3. The molecule has 0 N–H and O–H groups in total. The largest absolute Gasteiger partial charge is 0.383 e. The highest BCUT2D eigenvalue weighted by atomic mass is 35.5. The first-order chi connectivity index (χ1) is 8.90. The van der Waals surface area contributed by atoms with Gasteiger partial charge < -0.3 is 4.74 Å². The Morgan fingerprint density at radius 1 is 1.37 bits per heavy atom. The average Bonchev–Trinajstić information content (AvgIpc) is 2.37. The van der Waals surface area contributed by atoms with Gasteiger partial charge in [0.2, 0.25) is 10.0 Å². The van der Waals surface area contributed by atoms with Gasteiger partial charge in [-0.1, -0.05) is 24.3 Å². The summed E-state index contributed by atoms with van der Waals surface area (Å²) >= 11 is 5.75. The number of rotatable bonds is 7. The number of nitrogens with zero attached hydrogens (tertiary/aromatic N) is 1. The third-order valence-corrected chi connectivity index (χ3v) is 5.21. The molecule has 0 heterocycles. The van der Waals surface area contributed by atoms with E-state index in [2.05, 4.69) is 0 Å². The summed E-state index contributed by atoms with van der Waals surface area (Å²) in [5, 5.41) is 0. The zero-order chi connectivity index (χ0) is 14.5. The molecule has 0 aromatic heterocycles. The van der Waals surface area contributed by atoms with E-state index in [1.165, 1.54) is 4.31 Å². The highest BCUT2D eigenvalue weighted by molar-refractivity contribution is 7.88. The van der Waals surface area contributed by atoms with Crippen LogP contribution in [0.1, 0.15) is 18.1 Å². The summed E-state index contributed by atoms with van der Waals surface area (Å²) in [6, 6.07) is 7.12. The van der Waals surface area contributed by atoms with Crippen LogP contribution in [0.2, 0.25) is 0 Å². The molecule has 1 aromatic carbocycles. The van der Waals surface area contributed by atoms with Crippen molar-refractivity contribution in [3.05, 3.63) is 35.4 Å². The number of likely N-dealkylation sites (N-methyl/N-ethyl adjacent to an activating group) is 1. The Hall–Kier alpha value is -0.620. The molecular formula is C13H20ClNO3S. The van der Waals surface area contributed by atoms with Crippen LogP contribution in [0.4, 0.5) is 0 Å². The van der Waals surface area contributed by atoms with Crippen molar-refractivity contribution in [1.29, 1.82) is 0 Å². The summed E-state index contributed by atoms with van der Waals surface area (Å²) in [5.74, 6) is 0.353. The third kappa shape index (κ3) is 4.76. The first kappa shape index (κ1) is 16.4. The summed E-state index contributed by atoms with van der Waals surface area (Å²) in [5.41, 5.74) is 1.66. The van der Waals surface area contributed by atoms with Gasteiger partial charge in [0.05, 0.1) is 12.4 Å². The van der Waals surface area contributed by atoms with Gasteiger partial charge in [0.15, 0.2) is 0 Å². The van der Waals surface area contributed by atoms with Crippen molar-refractivity contribution in [3.63, 3.8) is 0 Å². The number of methoxy groups -OCH3 is 1. The third-order valence-electron chi connectivity index (χ3n) is 2.96. The fraction of sp³-hybridized carbons (Fsp3) is 0.538. The normalized spacial score (nSPS) is 13.7. The molecule has 0 amide bonds. The summed E-state index contributed by atoms with van der Waals surface area (Å²) < 4.78 is 30.8. The number of halogens is 1. The lowest BCUT2D eigenvalue weighted by molar-refractivity contribution is 0.149. The standard InChI is InChI=1S/C13H20ClNO3S/c1-11(9-18-3)15(2)19(16,17)10-13-6-4-5-12(7-13)8-14/h4-7,11H,8-10H2,1-3H3.